The van der Waals surface area contributed by atoms with Crippen LogP contribution in [-0.2, 0) is 27.9 Å². The summed E-state index contributed by atoms with van der Waals surface area (Å²) in [5.74, 6) is -0.745. The Balaban J connectivity index is 2.60. The molecule has 0 spiro atoms. The van der Waals surface area contributed by atoms with E-state index in [4.69, 9.17) is 9.47 Å². The summed E-state index contributed by atoms with van der Waals surface area (Å²) >= 11 is 0. The molecule has 0 aromatic carbocycles. The van der Waals surface area contributed by atoms with E-state index in [2.05, 4.69) is 10.4 Å². The second-order valence-corrected chi connectivity index (χ2v) is 3.76. The van der Waals surface area contributed by atoms with Crippen molar-refractivity contribution in [2.75, 3.05) is 19.8 Å². The molecule has 0 atom stereocenters. The fourth-order valence-corrected chi connectivity index (χ4v) is 1.55. The van der Waals surface area contributed by atoms with E-state index >= 15 is 0 Å². The number of ether oxygens (including phenoxy) is 2. The minimum absolute atomic E-state index is 0.0846. The van der Waals surface area contributed by atoms with Gasteiger partial charge in [-0.15, -0.1) is 0 Å². The van der Waals surface area contributed by atoms with E-state index in [0.717, 1.165) is 0 Å². The van der Waals surface area contributed by atoms with Crippen LogP contribution in [0.1, 0.15) is 29.9 Å². The summed E-state index contributed by atoms with van der Waals surface area (Å²) in [5, 5.41) is 6.92. The second-order valence-electron chi connectivity index (χ2n) is 3.76. The van der Waals surface area contributed by atoms with Crippen molar-refractivity contribution in [3.63, 3.8) is 0 Å². The van der Waals surface area contributed by atoms with Crippen LogP contribution in [0.2, 0.25) is 0 Å². The van der Waals surface area contributed by atoms with Gasteiger partial charge in [0.1, 0.15) is 5.56 Å². The zero-order valence-electron chi connectivity index (χ0n) is 11.4. The molecule has 7 nitrogen and oxygen atoms in total. The van der Waals surface area contributed by atoms with Crippen LogP contribution in [0.5, 0.6) is 0 Å². The number of aryl methyl sites for hydroxylation is 1. The van der Waals surface area contributed by atoms with E-state index in [0.29, 0.717) is 31.0 Å². The lowest BCUT2D eigenvalue weighted by Gasteiger charge is -2.07. The molecular formula is C12H19N3O4. The molecule has 7 heteroatoms. The molecular weight excluding hydrogens is 250 g/mol. The minimum Gasteiger partial charge on any atom is -0.465 e. The molecule has 1 aromatic rings. The van der Waals surface area contributed by atoms with Crippen molar-refractivity contribution in [3.8, 4) is 0 Å². The van der Waals surface area contributed by atoms with Gasteiger partial charge >= 0.3 is 11.9 Å². The Hall–Kier alpha value is -1.89. The highest BCUT2D eigenvalue weighted by Gasteiger charge is 2.17. The molecule has 0 amide bonds. The van der Waals surface area contributed by atoms with Crippen LogP contribution in [0.15, 0.2) is 6.20 Å². The maximum absolute atomic E-state index is 11.7. The zero-order valence-corrected chi connectivity index (χ0v) is 11.4. The van der Waals surface area contributed by atoms with Crippen LogP contribution < -0.4 is 5.32 Å². The van der Waals surface area contributed by atoms with Crippen molar-refractivity contribution in [1.29, 1.82) is 0 Å². The average molecular weight is 269 g/mol. The third-order valence-electron chi connectivity index (χ3n) is 2.42. The first-order chi connectivity index (χ1) is 9.10. The van der Waals surface area contributed by atoms with Crippen molar-refractivity contribution in [2.24, 2.45) is 7.05 Å². The first kappa shape index (κ1) is 15.2. The van der Waals surface area contributed by atoms with Gasteiger partial charge in [-0.25, -0.2) is 4.79 Å². The molecule has 1 aromatic heterocycles. The Morgan fingerprint density at radius 2 is 2.00 bits per heavy atom. The van der Waals surface area contributed by atoms with Crippen molar-refractivity contribution in [2.45, 2.75) is 20.4 Å². The van der Waals surface area contributed by atoms with Crippen molar-refractivity contribution in [1.82, 2.24) is 15.1 Å². The summed E-state index contributed by atoms with van der Waals surface area (Å²) in [6, 6.07) is 0. The number of hydrogen-bond acceptors (Lipinski definition) is 6. The van der Waals surface area contributed by atoms with Gasteiger partial charge in [-0.3, -0.25) is 9.48 Å². The Morgan fingerprint density at radius 1 is 1.32 bits per heavy atom. The summed E-state index contributed by atoms with van der Waals surface area (Å²) in [4.78, 5) is 22.9. The molecule has 106 valence electrons. The van der Waals surface area contributed by atoms with Gasteiger partial charge in [0.15, 0.2) is 0 Å². The van der Waals surface area contributed by atoms with E-state index < -0.39 is 5.97 Å². The molecule has 0 aliphatic rings. The molecule has 1 rings (SSSR count). The van der Waals surface area contributed by atoms with Gasteiger partial charge < -0.3 is 14.8 Å². The third kappa shape index (κ3) is 4.36. The van der Waals surface area contributed by atoms with Gasteiger partial charge in [-0.05, 0) is 13.8 Å². The molecule has 0 fully saturated rings. The topological polar surface area (TPSA) is 82.4 Å². The number of nitrogens with one attached hydrogen (secondary N) is 1. The van der Waals surface area contributed by atoms with E-state index in [-0.39, 0.29) is 12.5 Å². The zero-order chi connectivity index (χ0) is 14.3. The minimum atomic E-state index is -0.413. The van der Waals surface area contributed by atoms with E-state index in [1.165, 1.54) is 6.20 Å². The Labute approximate surface area is 111 Å². The molecule has 19 heavy (non-hydrogen) atoms. The maximum Gasteiger partial charge on any atom is 0.341 e. The standard InChI is InChI=1S/C12H19N3O4/c1-4-18-11(16)8-13-7-10-9(6-14-15(10)3)12(17)19-5-2/h6,13H,4-5,7-8H2,1-3H3. The molecule has 0 bridgehead atoms. The summed E-state index contributed by atoms with van der Waals surface area (Å²) in [6.45, 7) is 4.57. The first-order valence-corrected chi connectivity index (χ1v) is 6.14. The fourth-order valence-electron chi connectivity index (χ4n) is 1.55. The number of rotatable bonds is 7. The molecule has 1 N–H and O–H groups in total. The number of carbonyl (C=O) groups excluding carboxylic acids is 2. The van der Waals surface area contributed by atoms with Gasteiger partial charge in [0.05, 0.1) is 31.6 Å². The van der Waals surface area contributed by atoms with Crippen LogP contribution in [-0.4, -0.2) is 41.5 Å². The van der Waals surface area contributed by atoms with E-state index in [1.807, 2.05) is 0 Å². The molecule has 0 radical (unpaired) electrons. The van der Waals surface area contributed by atoms with Crippen LogP contribution >= 0.6 is 0 Å². The van der Waals surface area contributed by atoms with Crippen molar-refractivity contribution in [3.05, 3.63) is 17.5 Å². The summed E-state index contributed by atoms with van der Waals surface area (Å²) in [5.41, 5.74) is 1.07. The normalized spacial score (nSPS) is 10.3. The SMILES string of the molecule is CCOC(=O)CNCc1c(C(=O)OCC)cnn1C. The van der Waals surface area contributed by atoms with E-state index in [9.17, 15) is 9.59 Å². The lowest BCUT2D eigenvalue weighted by Crippen LogP contribution is -2.26. The van der Waals surface area contributed by atoms with Crippen LogP contribution in [0.4, 0.5) is 0 Å². The van der Waals surface area contributed by atoms with Gasteiger partial charge in [-0.2, -0.15) is 5.10 Å². The van der Waals surface area contributed by atoms with Gasteiger partial charge in [0, 0.05) is 13.6 Å². The predicted octanol–water partition coefficient (Wildman–Crippen LogP) is 0.250. The molecule has 0 unspecified atom stereocenters. The van der Waals surface area contributed by atoms with Gasteiger partial charge in [0.25, 0.3) is 0 Å². The summed E-state index contributed by atoms with van der Waals surface area (Å²) < 4.78 is 11.3. The monoisotopic (exact) mass is 269 g/mol. The fraction of sp³-hybridized carbons (Fsp3) is 0.583. The Morgan fingerprint density at radius 3 is 2.63 bits per heavy atom. The highest BCUT2D eigenvalue weighted by Crippen LogP contribution is 2.09. The van der Waals surface area contributed by atoms with Crippen LogP contribution in [0.3, 0.4) is 0 Å². The highest BCUT2D eigenvalue weighted by atomic mass is 16.5. The number of nitrogens with zero attached hydrogens (tertiary/aromatic N) is 2. The number of aromatic nitrogens is 2. The number of esters is 2. The second kappa shape index (κ2) is 7.52. The molecule has 0 saturated carbocycles. The number of hydrogen-bond donors (Lipinski definition) is 1. The molecule has 0 aliphatic heterocycles. The maximum atomic E-state index is 11.7. The number of carbonyl (C=O) groups is 2. The first-order valence-electron chi connectivity index (χ1n) is 6.14. The van der Waals surface area contributed by atoms with Crippen molar-refractivity contribution >= 4 is 11.9 Å². The Bertz CT molecular complexity index is 442. The van der Waals surface area contributed by atoms with Gasteiger partial charge in [-0.1, -0.05) is 0 Å². The summed E-state index contributed by atoms with van der Waals surface area (Å²) in [7, 11) is 1.73. The largest absolute Gasteiger partial charge is 0.465 e. The average Bonchev–Trinajstić information content (AvgIpc) is 2.72. The molecule has 1 heterocycles. The predicted molar refractivity (Wildman–Crippen MR) is 67.5 cm³/mol. The highest BCUT2D eigenvalue weighted by molar-refractivity contribution is 5.90. The lowest BCUT2D eigenvalue weighted by molar-refractivity contribution is -0.142. The quantitative estimate of drug-likeness (QED) is 0.714. The van der Waals surface area contributed by atoms with Crippen LogP contribution in [0, 0.1) is 0 Å². The smallest absolute Gasteiger partial charge is 0.341 e. The van der Waals surface area contributed by atoms with E-state index in [1.54, 1.807) is 25.6 Å². The van der Waals surface area contributed by atoms with Gasteiger partial charge in [0.2, 0.25) is 0 Å². The van der Waals surface area contributed by atoms with Crippen molar-refractivity contribution < 1.29 is 19.1 Å². The lowest BCUT2D eigenvalue weighted by atomic mass is 10.2. The molecule has 0 aliphatic carbocycles. The summed E-state index contributed by atoms with van der Waals surface area (Å²) in [6.07, 6.45) is 1.46. The molecule has 0 saturated heterocycles. The van der Waals surface area contributed by atoms with Crippen LogP contribution in [0.25, 0.3) is 0 Å². The third-order valence-corrected chi connectivity index (χ3v) is 2.42. The Kier molecular flexibility index (Phi) is 6.01.